The summed E-state index contributed by atoms with van der Waals surface area (Å²) in [5.41, 5.74) is 2.36. The third-order valence-corrected chi connectivity index (χ3v) is 1.03. The Kier molecular flexibility index (Phi) is 1.45. The highest BCUT2D eigenvalue weighted by Crippen LogP contribution is 1.99. The van der Waals surface area contributed by atoms with E-state index in [0.717, 1.165) is 0 Å². The lowest BCUT2D eigenvalue weighted by atomic mass is 10.2. The number of rotatable bonds is 1. The first-order valence-corrected chi connectivity index (χ1v) is 2.41. The second-order valence-electron chi connectivity index (χ2n) is 1.65. The van der Waals surface area contributed by atoms with Gasteiger partial charge in [0.1, 0.15) is 6.04 Å². The van der Waals surface area contributed by atoms with Crippen molar-refractivity contribution in [1.82, 2.24) is 5.48 Å². The first-order valence-electron chi connectivity index (χ1n) is 2.41. The highest BCUT2D eigenvalue weighted by molar-refractivity contribution is 5.73. The van der Waals surface area contributed by atoms with E-state index >= 15 is 0 Å². The molecule has 46 valence electrons. The molecule has 1 aliphatic heterocycles. The molecule has 1 fully saturated rings. The van der Waals surface area contributed by atoms with Gasteiger partial charge in [-0.2, -0.15) is 5.48 Å². The van der Waals surface area contributed by atoms with Gasteiger partial charge in [0.2, 0.25) is 0 Å². The first-order chi connectivity index (χ1) is 3.80. The van der Waals surface area contributed by atoms with Crippen LogP contribution >= 0.6 is 0 Å². The molecule has 0 saturated carbocycles. The Bertz CT molecular complexity index is 97.5. The lowest BCUT2D eigenvalue weighted by molar-refractivity contribution is -0.140. The summed E-state index contributed by atoms with van der Waals surface area (Å²) in [6.45, 7) is 0.497. The third-order valence-electron chi connectivity index (χ3n) is 1.03. The van der Waals surface area contributed by atoms with Gasteiger partial charge in [-0.05, 0) is 0 Å². The fourth-order valence-corrected chi connectivity index (χ4v) is 0.569. The van der Waals surface area contributed by atoms with E-state index in [0.29, 0.717) is 13.0 Å². The van der Waals surface area contributed by atoms with Crippen LogP contribution in [0.2, 0.25) is 0 Å². The summed E-state index contributed by atoms with van der Waals surface area (Å²) >= 11 is 0. The van der Waals surface area contributed by atoms with Crippen molar-refractivity contribution in [3.8, 4) is 0 Å². The molecule has 4 heteroatoms. The number of hydrogen-bond acceptors (Lipinski definition) is 3. The summed E-state index contributed by atoms with van der Waals surface area (Å²) in [6, 6.07) is -0.491. The van der Waals surface area contributed by atoms with Crippen LogP contribution in [0.5, 0.6) is 0 Å². The minimum Gasteiger partial charge on any atom is -0.480 e. The van der Waals surface area contributed by atoms with Crippen molar-refractivity contribution < 1.29 is 14.7 Å². The summed E-state index contributed by atoms with van der Waals surface area (Å²) in [6.07, 6.45) is 0.565. The van der Waals surface area contributed by atoms with E-state index in [1.165, 1.54) is 0 Å². The van der Waals surface area contributed by atoms with E-state index in [2.05, 4.69) is 10.3 Å². The minimum atomic E-state index is -0.845. The van der Waals surface area contributed by atoms with E-state index in [9.17, 15) is 4.79 Å². The van der Waals surface area contributed by atoms with E-state index in [1.54, 1.807) is 0 Å². The Hall–Kier alpha value is -0.610. The minimum absolute atomic E-state index is 0.491. The molecule has 4 nitrogen and oxygen atoms in total. The van der Waals surface area contributed by atoms with Gasteiger partial charge < -0.3 is 9.94 Å². The van der Waals surface area contributed by atoms with Crippen LogP contribution in [0.4, 0.5) is 0 Å². The average molecular weight is 117 g/mol. The molecule has 0 spiro atoms. The van der Waals surface area contributed by atoms with Gasteiger partial charge in [-0.25, -0.2) is 0 Å². The molecule has 0 aliphatic carbocycles. The monoisotopic (exact) mass is 117 g/mol. The zero-order chi connectivity index (χ0) is 5.98. The van der Waals surface area contributed by atoms with Crippen LogP contribution in [0.15, 0.2) is 0 Å². The normalized spacial score (nSPS) is 28.2. The maximum atomic E-state index is 10.1. The van der Waals surface area contributed by atoms with Gasteiger partial charge in [0.15, 0.2) is 0 Å². The number of hydroxylamine groups is 1. The maximum Gasteiger partial charge on any atom is 0.323 e. The summed E-state index contributed by atoms with van der Waals surface area (Å²) in [4.78, 5) is 14.6. The molecule has 0 amide bonds. The smallest absolute Gasteiger partial charge is 0.323 e. The second-order valence-corrected chi connectivity index (χ2v) is 1.65. The van der Waals surface area contributed by atoms with Gasteiger partial charge in [-0.3, -0.25) is 4.79 Å². The van der Waals surface area contributed by atoms with Crippen molar-refractivity contribution >= 4 is 5.97 Å². The van der Waals surface area contributed by atoms with E-state index in [4.69, 9.17) is 5.11 Å². The Morgan fingerprint density at radius 2 is 2.62 bits per heavy atom. The zero-order valence-electron chi connectivity index (χ0n) is 4.26. The lowest BCUT2D eigenvalue weighted by Crippen LogP contribution is -2.29. The molecule has 2 N–H and O–H groups in total. The SMILES string of the molecule is O=C(O)[C@@H]1CCON1. The molecule has 0 aromatic carbocycles. The fourth-order valence-electron chi connectivity index (χ4n) is 0.569. The van der Waals surface area contributed by atoms with Crippen molar-refractivity contribution in [2.45, 2.75) is 12.5 Å². The van der Waals surface area contributed by atoms with Gasteiger partial charge in [-0.1, -0.05) is 0 Å². The molecule has 0 aromatic heterocycles. The molecule has 1 rings (SSSR count). The largest absolute Gasteiger partial charge is 0.480 e. The molecule has 1 atom stereocenters. The average Bonchev–Trinajstić information content (AvgIpc) is 2.12. The molecule has 0 bridgehead atoms. The highest BCUT2D eigenvalue weighted by atomic mass is 16.7. The Balaban J connectivity index is 2.35. The summed E-state index contributed by atoms with van der Waals surface area (Å²) < 4.78 is 0. The van der Waals surface area contributed by atoms with Crippen LogP contribution in [-0.4, -0.2) is 23.7 Å². The number of carboxylic acid groups (broad SMARTS) is 1. The predicted octanol–water partition coefficient (Wildman–Crippen LogP) is -0.635. The Morgan fingerprint density at radius 1 is 1.88 bits per heavy atom. The van der Waals surface area contributed by atoms with Crippen LogP contribution in [0, 0.1) is 0 Å². The Labute approximate surface area is 46.4 Å². The van der Waals surface area contributed by atoms with Crippen LogP contribution in [-0.2, 0) is 9.63 Å². The number of hydrogen-bond donors (Lipinski definition) is 2. The maximum absolute atomic E-state index is 10.1. The number of nitrogens with one attached hydrogen (secondary N) is 1. The van der Waals surface area contributed by atoms with Gasteiger partial charge in [-0.15, -0.1) is 0 Å². The molecular weight excluding hydrogens is 110 g/mol. The van der Waals surface area contributed by atoms with Crippen molar-refractivity contribution in [2.75, 3.05) is 6.61 Å². The van der Waals surface area contributed by atoms with E-state index in [1.807, 2.05) is 0 Å². The Morgan fingerprint density at radius 3 is 2.88 bits per heavy atom. The molecular formula is C4H7NO3. The molecule has 1 aliphatic rings. The summed E-state index contributed by atoms with van der Waals surface area (Å²) in [5, 5.41) is 8.27. The van der Waals surface area contributed by atoms with Gasteiger partial charge in [0.25, 0.3) is 0 Å². The standard InChI is InChI=1S/C4H7NO3/c6-4(7)3-1-2-8-5-3/h3,5H,1-2H2,(H,6,7)/t3-/m0/s1. The topological polar surface area (TPSA) is 58.6 Å². The third kappa shape index (κ3) is 0.962. The van der Waals surface area contributed by atoms with Crippen molar-refractivity contribution in [2.24, 2.45) is 0 Å². The highest BCUT2D eigenvalue weighted by Gasteiger charge is 2.21. The number of carbonyl (C=O) groups is 1. The van der Waals surface area contributed by atoms with Crippen LogP contribution < -0.4 is 5.48 Å². The molecule has 0 radical (unpaired) electrons. The molecule has 0 unspecified atom stereocenters. The molecule has 8 heavy (non-hydrogen) atoms. The number of carboxylic acids is 1. The quantitative estimate of drug-likeness (QED) is 0.480. The second kappa shape index (κ2) is 2.11. The van der Waals surface area contributed by atoms with Gasteiger partial charge >= 0.3 is 5.97 Å². The van der Waals surface area contributed by atoms with Gasteiger partial charge in [0.05, 0.1) is 6.61 Å². The van der Waals surface area contributed by atoms with Crippen LogP contribution in [0.1, 0.15) is 6.42 Å². The van der Waals surface area contributed by atoms with Crippen LogP contribution in [0.25, 0.3) is 0 Å². The summed E-state index contributed by atoms with van der Waals surface area (Å²) in [7, 11) is 0. The number of aliphatic carboxylic acids is 1. The fraction of sp³-hybridized carbons (Fsp3) is 0.750. The molecule has 0 aromatic rings. The predicted molar refractivity (Wildman–Crippen MR) is 25.1 cm³/mol. The molecule has 1 saturated heterocycles. The first kappa shape index (κ1) is 5.53. The van der Waals surface area contributed by atoms with Crippen molar-refractivity contribution in [3.05, 3.63) is 0 Å². The summed E-state index contributed by atoms with van der Waals surface area (Å²) in [5.74, 6) is -0.845. The van der Waals surface area contributed by atoms with Gasteiger partial charge in [0, 0.05) is 6.42 Å². The van der Waals surface area contributed by atoms with Crippen LogP contribution in [0.3, 0.4) is 0 Å². The van der Waals surface area contributed by atoms with E-state index in [-0.39, 0.29) is 0 Å². The zero-order valence-corrected chi connectivity index (χ0v) is 4.26. The van der Waals surface area contributed by atoms with E-state index < -0.39 is 12.0 Å². The molecule has 1 heterocycles. The lowest BCUT2D eigenvalue weighted by Gasteiger charge is -1.97. The van der Waals surface area contributed by atoms with Crippen molar-refractivity contribution in [1.29, 1.82) is 0 Å². The van der Waals surface area contributed by atoms with Crippen molar-refractivity contribution in [3.63, 3.8) is 0 Å².